The van der Waals surface area contributed by atoms with Crippen molar-refractivity contribution in [2.75, 3.05) is 11.9 Å². The van der Waals surface area contributed by atoms with E-state index in [0.29, 0.717) is 5.69 Å². The molecule has 0 fully saturated rings. The van der Waals surface area contributed by atoms with Gasteiger partial charge in [-0.05, 0) is 17.9 Å². The molecule has 0 saturated carbocycles. The van der Waals surface area contributed by atoms with Crippen molar-refractivity contribution in [3.05, 3.63) is 23.2 Å². The summed E-state index contributed by atoms with van der Waals surface area (Å²) < 4.78 is 2.10. The number of carbonyl (C=O) groups is 1. The molecular weight excluding hydrogens is 222 g/mol. The molecule has 1 N–H and O–H groups in total. The second-order valence-electron chi connectivity index (χ2n) is 3.70. The second kappa shape index (κ2) is 3.75. The Labute approximate surface area is 96.9 Å². The number of carbonyl (C=O) groups excluding carboxylic acids is 1. The Balaban J connectivity index is 2.18. The highest BCUT2D eigenvalue weighted by atomic mass is 32.1. The van der Waals surface area contributed by atoms with Gasteiger partial charge in [-0.25, -0.2) is 4.98 Å². The van der Waals surface area contributed by atoms with Gasteiger partial charge in [0.05, 0.1) is 4.88 Å². The van der Waals surface area contributed by atoms with Gasteiger partial charge in [0.2, 0.25) is 0 Å². The fourth-order valence-corrected chi connectivity index (χ4v) is 2.72. The minimum Gasteiger partial charge on any atom is -0.369 e. The number of anilines is 1. The number of aldehydes is 1. The smallest absolute Gasteiger partial charge is 0.172 e. The van der Waals surface area contributed by atoms with Gasteiger partial charge in [-0.3, -0.25) is 4.79 Å². The first-order chi connectivity index (χ1) is 7.90. The summed E-state index contributed by atoms with van der Waals surface area (Å²) in [7, 11) is 0. The van der Waals surface area contributed by atoms with Gasteiger partial charge in [-0.2, -0.15) is 0 Å². The summed E-state index contributed by atoms with van der Waals surface area (Å²) in [6.07, 6.45) is 1.89. The van der Waals surface area contributed by atoms with Crippen molar-refractivity contribution in [3.63, 3.8) is 0 Å². The number of nitrogens with zero attached hydrogens (tertiary/aromatic N) is 2. The molecule has 0 radical (unpaired) electrons. The van der Waals surface area contributed by atoms with E-state index in [2.05, 4.69) is 14.9 Å². The van der Waals surface area contributed by atoms with Crippen LogP contribution in [-0.4, -0.2) is 22.4 Å². The molecule has 0 atom stereocenters. The van der Waals surface area contributed by atoms with Crippen LogP contribution in [-0.2, 0) is 6.54 Å². The molecule has 1 aliphatic rings. The molecule has 0 saturated heterocycles. The van der Waals surface area contributed by atoms with Crippen LogP contribution in [0.3, 0.4) is 0 Å². The van der Waals surface area contributed by atoms with Crippen LogP contribution in [0, 0.1) is 0 Å². The van der Waals surface area contributed by atoms with Crippen molar-refractivity contribution < 1.29 is 4.79 Å². The lowest BCUT2D eigenvalue weighted by molar-refractivity contribution is 0.112. The average molecular weight is 233 g/mol. The third kappa shape index (κ3) is 1.36. The van der Waals surface area contributed by atoms with Crippen LogP contribution in [0.15, 0.2) is 17.5 Å². The highest BCUT2D eigenvalue weighted by Gasteiger charge is 2.20. The van der Waals surface area contributed by atoms with Gasteiger partial charge in [0.15, 0.2) is 12.1 Å². The molecule has 0 aromatic carbocycles. The lowest BCUT2D eigenvalue weighted by atomic mass is 10.3. The molecule has 4 nitrogen and oxygen atoms in total. The maximum Gasteiger partial charge on any atom is 0.172 e. The van der Waals surface area contributed by atoms with E-state index >= 15 is 0 Å². The first-order valence-electron chi connectivity index (χ1n) is 5.23. The third-order valence-corrected chi connectivity index (χ3v) is 3.56. The molecule has 1 aliphatic heterocycles. The fourth-order valence-electron chi connectivity index (χ4n) is 2.00. The van der Waals surface area contributed by atoms with Gasteiger partial charge in [0.1, 0.15) is 11.5 Å². The van der Waals surface area contributed by atoms with Gasteiger partial charge >= 0.3 is 0 Å². The van der Waals surface area contributed by atoms with E-state index in [1.165, 1.54) is 0 Å². The SMILES string of the molecule is O=Cc1nc(-c2cccs2)n2c1NCCC2. The van der Waals surface area contributed by atoms with Crippen LogP contribution in [0.5, 0.6) is 0 Å². The number of imidazole rings is 1. The number of rotatable bonds is 2. The average Bonchev–Trinajstić information content (AvgIpc) is 2.95. The maximum absolute atomic E-state index is 10.9. The van der Waals surface area contributed by atoms with E-state index in [4.69, 9.17) is 0 Å². The van der Waals surface area contributed by atoms with Crippen molar-refractivity contribution >= 4 is 23.4 Å². The molecule has 2 aromatic rings. The van der Waals surface area contributed by atoms with Crippen LogP contribution in [0.4, 0.5) is 5.82 Å². The summed E-state index contributed by atoms with van der Waals surface area (Å²) in [4.78, 5) is 16.5. The zero-order valence-corrected chi connectivity index (χ0v) is 9.46. The van der Waals surface area contributed by atoms with Crippen LogP contribution in [0.25, 0.3) is 10.7 Å². The second-order valence-corrected chi connectivity index (χ2v) is 4.64. The number of aromatic nitrogens is 2. The molecule has 3 rings (SSSR count). The number of thiophene rings is 1. The summed E-state index contributed by atoms with van der Waals surface area (Å²) >= 11 is 1.65. The first-order valence-corrected chi connectivity index (χ1v) is 6.11. The van der Waals surface area contributed by atoms with Gasteiger partial charge in [-0.1, -0.05) is 6.07 Å². The Morgan fingerprint density at radius 3 is 3.25 bits per heavy atom. The van der Waals surface area contributed by atoms with Crippen molar-refractivity contribution in [2.24, 2.45) is 0 Å². The standard InChI is InChI=1S/C11H11N3OS/c15-7-8-10-12-4-2-5-14(10)11(13-8)9-3-1-6-16-9/h1,3,6-7,12H,2,4-5H2. The number of fused-ring (bicyclic) bond motifs is 1. The lowest BCUT2D eigenvalue weighted by Gasteiger charge is -2.18. The molecule has 16 heavy (non-hydrogen) atoms. The summed E-state index contributed by atoms with van der Waals surface area (Å²) in [5.41, 5.74) is 0.517. The Kier molecular flexibility index (Phi) is 2.25. The Morgan fingerprint density at radius 2 is 2.50 bits per heavy atom. The maximum atomic E-state index is 10.9. The van der Waals surface area contributed by atoms with Gasteiger partial charge in [0, 0.05) is 13.1 Å². The fraction of sp³-hybridized carbons (Fsp3) is 0.273. The zero-order valence-electron chi connectivity index (χ0n) is 8.64. The van der Waals surface area contributed by atoms with Crippen molar-refractivity contribution in [1.82, 2.24) is 9.55 Å². The lowest BCUT2D eigenvalue weighted by Crippen LogP contribution is -2.17. The Bertz CT molecular complexity index is 516. The molecule has 2 aromatic heterocycles. The molecule has 0 bridgehead atoms. The van der Waals surface area contributed by atoms with Crippen LogP contribution in [0.2, 0.25) is 0 Å². The quantitative estimate of drug-likeness (QED) is 0.809. The largest absolute Gasteiger partial charge is 0.369 e. The number of hydrogen-bond donors (Lipinski definition) is 1. The summed E-state index contributed by atoms with van der Waals surface area (Å²) in [5, 5.41) is 5.26. The topological polar surface area (TPSA) is 46.9 Å². The van der Waals surface area contributed by atoms with Crippen LogP contribution in [0.1, 0.15) is 16.9 Å². The minimum absolute atomic E-state index is 0.517. The molecule has 3 heterocycles. The van der Waals surface area contributed by atoms with E-state index in [1.54, 1.807) is 11.3 Å². The van der Waals surface area contributed by atoms with E-state index in [0.717, 1.165) is 42.3 Å². The van der Waals surface area contributed by atoms with Gasteiger partial charge in [0.25, 0.3) is 0 Å². The highest BCUT2D eigenvalue weighted by Crippen LogP contribution is 2.30. The molecule has 5 heteroatoms. The zero-order chi connectivity index (χ0) is 11.0. The summed E-state index contributed by atoms with van der Waals surface area (Å²) in [5.74, 6) is 1.77. The Hall–Kier alpha value is -1.62. The summed E-state index contributed by atoms with van der Waals surface area (Å²) in [6, 6.07) is 4.03. The van der Waals surface area contributed by atoms with Crippen LogP contribution >= 0.6 is 11.3 Å². The molecule has 0 amide bonds. The predicted octanol–water partition coefficient (Wildman–Crippen LogP) is 2.24. The van der Waals surface area contributed by atoms with Gasteiger partial charge < -0.3 is 9.88 Å². The van der Waals surface area contributed by atoms with E-state index in [9.17, 15) is 4.79 Å². The minimum atomic E-state index is 0.517. The van der Waals surface area contributed by atoms with E-state index in [1.807, 2.05) is 17.5 Å². The molecule has 82 valence electrons. The monoisotopic (exact) mass is 233 g/mol. The first kappa shape index (κ1) is 9.59. The van der Waals surface area contributed by atoms with Gasteiger partial charge in [-0.15, -0.1) is 11.3 Å². The van der Waals surface area contributed by atoms with Crippen molar-refractivity contribution in [2.45, 2.75) is 13.0 Å². The third-order valence-electron chi connectivity index (χ3n) is 2.70. The molecule has 0 unspecified atom stereocenters. The highest BCUT2D eigenvalue weighted by molar-refractivity contribution is 7.13. The van der Waals surface area contributed by atoms with E-state index in [-0.39, 0.29) is 0 Å². The van der Waals surface area contributed by atoms with E-state index < -0.39 is 0 Å². The number of nitrogens with one attached hydrogen (secondary N) is 1. The van der Waals surface area contributed by atoms with Crippen molar-refractivity contribution in [3.8, 4) is 10.7 Å². The molecule has 0 spiro atoms. The number of hydrogen-bond acceptors (Lipinski definition) is 4. The predicted molar refractivity (Wildman–Crippen MR) is 64.0 cm³/mol. The van der Waals surface area contributed by atoms with Crippen molar-refractivity contribution in [1.29, 1.82) is 0 Å². The molecule has 0 aliphatic carbocycles. The molecular formula is C11H11N3OS. The summed E-state index contributed by atoms with van der Waals surface area (Å²) in [6.45, 7) is 1.84. The van der Waals surface area contributed by atoms with Crippen LogP contribution < -0.4 is 5.32 Å². The Morgan fingerprint density at radius 1 is 1.56 bits per heavy atom. The normalized spacial score (nSPS) is 14.2.